The SMILES string of the molecule is O=C=Nc1cc(F)ccc1OC1CCCCC1. The summed E-state index contributed by atoms with van der Waals surface area (Å²) in [5, 5.41) is 0. The van der Waals surface area contributed by atoms with Gasteiger partial charge in [-0.1, -0.05) is 6.42 Å². The molecule has 4 heteroatoms. The third-order valence-electron chi connectivity index (χ3n) is 2.93. The van der Waals surface area contributed by atoms with Gasteiger partial charge in [0, 0.05) is 6.07 Å². The van der Waals surface area contributed by atoms with Crippen molar-refractivity contribution in [2.24, 2.45) is 4.99 Å². The molecule has 3 nitrogen and oxygen atoms in total. The molecule has 1 fully saturated rings. The van der Waals surface area contributed by atoms with Crippen LogP contribution >= 0.6 is 0 Å². The summed E-state index contributed by atoms with van der Waals surface area (Å²) >= 11 is 0. The fraction of sp³-hybridized carbons (Fsp3) is 0.462. The predicted octanol–water partition coefficient (Wildman–Crippen LogP) is 3.50. The van der Waals surface area contributed by atoms with E-state index in [1.807, 2.05) is 0 Å². The maximum atomic E-state index is 13.0. The molecule has 90 valence electrons. The van der Waals surface area contributed by atoms with Crippen LogP contribution in [0.25, 0.3) is 0 Å². The summed E-state index contributed by atoms with van der Waals surface area (Å²) < 4.78 is 18.8. The molecular weight excluding hydrogens is 221 g/mol. The minimum absolute atomic E-state index is 0.148. The lowest BCUT2D eigenvalue weighted by molar-refractivity contribution is 0.155. The largest absolute Gasteiger partial charge is 0.488 e. The molecule has 0 bridgehead atoms. The van der Waals surface area contributed by atoms with Gasteiger partial charge in [0.25, 0.3) is 0 Å². The lowest BCUT2D eigenvalue weighted by Crippen LogP contribution is -2.19. The number of rotatable bonds is 3. The number of hydrogen-bond donors (Lipinski definition) is 0. The Hall–Kier alpha value is -1.67. The normalized spacial score (nSPS) is 16.3. The van der Waals surface area contributed by atoms with Crippen LogP contribution in [0.1, 0.15) is 32.1 Å². The zero-order chi connectivity index (χ0) is 12.1. The highest BCUT2D eigenvalue weighted by Gasteiger charge is 2.16. The second-order valence-corrected chi connectivity index (χ2v) is 4.19. The molecule has 0 saturated heterocycles. The maximum Gasteiger partial charge on any atom is 0.240 e. The second kappa shape index (κ2) is 5.60. The molecule has 1 aromatic carbocycles. The van der Waals surface area contributed by atoms with E-state index < -0.39 is 5.82 Å². The van der Waals surface area contributed by atoms with Gasteiger partial charge in [0.05, 0.1) is 6.10 Å². The minimum Gasteiger partial charge on any atom is -0.488 e. The molecule has 0 aromatic heterocycles. The first-order valence-corrected chi connectivity index (χ1v) is 5.83. The van der Waals surface area contributed by atoms with Crippen molar-refractivity contribution in [1.29, 1.82) is 0 Å². The van der Waals surface area contributed by atoms with E-state index in [0.717, 1.165) is 25.7 Å². The summed E-state index contributed by atoms with van der Waals surface area (Å²) in [6, 6.07) is 4.01. The summed E-state index contributed by atoms with van der Waals surface area (Å²) in [4.78, 5) is 13.7. The zero-order valence-electron chi connectivity index (χ0n) is 9.49. The van der Waals surface area contributed by atoms with Crippen LogP contribution in [0.2, 0.25) is 0 Å². The number of benzene rings is 1. The second-order valence-electron chi connectivity index (χ2n) is 4.19. The fourth-order valence-corrected chi connectivity index (χ4v) is 2.09. The summed E-state index contributed by atoms with van der Waals surface area (Å²) in [6.45, 7) is 0. The lowest BCUT2D eigenvalue weighted by atomic mass is 9.98. The standard InChI is InChI=1S/C13H14FNO2/c14-10-6-7-13(12(8-10)15-9-16)17-11-4-2-1-3-5-11/h6-8,11H,1-5H2. The molecule has 1 aliphatic rings. The van der Waals surface area contributed by atoms with Crippen LogP contribution in [0.5, 0.6) is 5.75 Å². The van der Waals surface area contributed by atoms with Gasteiger partial charge in [-0.2, -0.15) is 4.99 Å². The van der Waals surface area contributed by atoms with Gasteiger partial charge < -0.3 is 4.74 Å². The molecule has 0 atom stereocenters. The van der Waals surface area contributed by atoms with Gasteiger partial charge in [-0.05, 0) is 37.8 Å². The monoisotopic (exact) mass is 235 g/mol. The van der Waals surface area contributed by atoms with E-state index in [1.54, 1.807) is 0 Å². The molecule has 0 heterocycles. The zero-order valence-corrected chi connectivity index (χ0v) is 9.49. The van der Waals surface area contributed by atoms with Crippen molar-refractivity contribution in [3.05, 3.63) is 24.0 Å². The molecule has 1 saturated carbocycles. The van der Waals surface area contributed by atoms with Gasteiger partial charge in [-0.25, -0.2) is 9.18 Å². The Morgan fingerprint density at radius 2 is 2.06 bits per heavy atom. The summed E-state index contributed by atoms with van der Waals surface area (Å²) in [6.07, 6.45) is 7.11. The van der Waals surface area contributed by atoms with Crippen molar-refractivity contribution < 1.29 is 13.9 Å². The molecule has 17 heavy (non-hydrogen) atoms. The predicted molar refractivity (Wildman–Crippen MR) is 61.7 cm³/mol. The molecule has 0 spiro atoms. The van der Waals surface area contributed by atoms with E-state index in [9.17, 15) is 9.18 Å². The third-order valence-corrected chi connectivity index (χ3v) is 2.93. The quantitative estimate of drug-likeness (QED) is 0.594. The van der Waals surface area contributed by atoms with E-state index in [-0.39, 0.29) is 11.8 Å². The van der Waals surface area contributed by atoms with Crippen molar-refractivity contribution in [3.63, 3.8) is 0 Å². The van der Waals surface area contributed by atoms with Crippen molar-refractivity contribution in [3.8, 4) is 5.75 Å². The molecule has 0 radical (unpaired) electrons. The van der Waals surface area contributed by atoms with E-state index in [4.69, 9.17) is 4.74 Å². The first-order valence-electron chi connectivity index (χ1n) is 5.83. The van der Waals surface area contributed by atoms with Gasteiger partial charge in [-0.15, -0.1) is 0 Å². The molecule has 0 aliphatic heterocycles. The number of hydrogen-bond acceptors (Lipinski definition) is 3. The van der Waals surface area contributed by atoms with Crippen LogP contribution in [0.3, 0.4) is 0 Å². The number of isocyanates is 1. The van der Waals surface area contributed by atoms with Crippen LogP contribution in [0.15, 0.2) is 23.2 Å². The number of carbonyl (C=O) groups excluding carboxylic acids is 1. The number of aliphatic imine (C=N–C) groups is 1. The highest BCUT2D eigenvalue weighted by Crippen LogP contribution is 2.31. The molecule has 0 unspecified atom stereocenters. The highest BCUT2D eigenvalue weighted by molar-refractivity contribution is 5.57. The van der Waals surface area contributed by atoms with Gasteiger partial charge in [0.15, 0.2) is 0 Å². The average Bonchev–Trinajstić information content (AvgIpc) is 2.34. The van der Waals surface area contributed by atoms with Crippen LogP contribution in [-0.2, 0) is 4.79 Å². The van der Waals surface area contributed by atoms with E-state index in [2.05, 4.69) is 4.99 Å². The fourth-order valence-electron chi connectivity index (χ4n) is 2.09. The third kappa shape index (κ3) is 3.14. The molecule has 1 aliphatic carbocycles. The van der Waals surface area contributed by atoms with Gasteiger partial charge in [0.1, 0.15) is 17.3 Å². The summed E-state index contributed by atoms with van der Waals surface area (Å²) in [5.41, 5.74) is 0.213. The minimum atomic E-state index is -0.435. The Morgan fingerprint density at radius 1 is 1.29 bits per heavy atom. The van der Waals surface area contributed by atoms with Gasteiger partial charge >= 0.3 is 0 Å². The Labute approximate surface area is 99.3 Å². The van der Waals surface area contributed by atoms with Crippen LogP contribution < -0.4 is 4.74 Å². The molecule has 0 N–H and O–H groups in total. The summed E-state index contributed by atoms with van der Waals surface area (Å²) in [5.74, 6) is 0.0247. The molecular formula is C13H14FNO2. The van der Waals surface area contributed by atoms with E-state index in [0.29, 0.717) is 5.75 Å². The van der Waals surface area contributed by atoms with Crippen LogP contribution in [0.4, 0.5) is 10.1 Å². The van der Waals surface area contributed by atoms with E-state index >= 15 is 0 Å². The highest BCUT2D eigenvalue weighted by atomic mass is 19.1. The molecule has 1 aromatic rings. The van der Waals surface area contributed by atoms with Crippen molar-refractivity contribution in [2.75, 3.05) is 0 Å². The van der Waals surface area contributed by atoms with Crippen molar-refractivity contribution in [1.82, 2.24) is 0 Å². The van der Waals surface area contributed by atoms with Crippen LogP contribution in [-0.4, -0.2) is 12.2 Å². The summed E-state index contributed by atoms with van der Waals surface area (Å²) in [7, 11) is 0. The van der Waals surface area contributed by atoms with Gasteiger partial charge in [0.2, 0.25) is 6.08 Å². The van der Waals surface area contributed by atoms with Crippen molar-refractivity contribution in [2.45, 2.75) is 38.2 Å². The molecule has 2 rings (SSSR count). The maximum absolute atomic E-state index is 13.0. The Morgan fingerprint density at radius 3 is 2.76 bits per heavy atom. The molecule has 0 amide bonds. The number of nitrogens with zero attached hydrogens (tertiary/aromatic N) is 1. The Bertz CT molecular complexity index is 435. The lowest BCUT2D eigenvalue weighted by Gasteiger charge is -2.23. The Kier molecular flexibility index (Phi) is 3.89. The first kappa shape index (κ1) is 11.8. The van der Waals surface area contributed by atoms with Gasteiger partial charge in [-0.3, -0.25) is 0 Å². The van der Waals surface area contributed by atoms with Crippen molar-refractivity contribution >= 4 is 11.8 Å². The number of halogens is 1. The van der Waals surface area contributed by atoms with E-state index in [1.165, 1.54) is 30.7 Å². The topological polar surface area (TPSA) is 38.7 Å². The van der Waals surface area contributed by atoms with Crippen LogP contribution in [0, 0.1) is 5.82 Å². The Balaban J connectivity index is 2.16. The smallest absolute Gasteiger partial charge is 0.240 e. The first-order chi connectivity index (χ1) is 8.29. The average molecular weight is 235 g/mol. The number of ether oxygens (including phenoxy) is 1.